The zero-order valence-corrected chi connectivity index (χ0v) is 10.8. The highest BCUT2D eigenvalue weighted by atomic mass is 16.5. The van der Waals surface area contributed by atoms with Gasteiger partial charge < -0.3 is 13.6 Å². The summed E-state index contributed by atoms with van der Waals surface area (Å²) in [6.07, 6.45) is 4.81. The minimum Gasteiger partial charge on any atom is -0.356 e. The highest BCUT2D eigenvalue weighted by Crippen LogP contribution is 2.32. The van der Waals surface area contributed by atoms with Gasteiger partial charge in [0.15, 0.2) is 17.3 Å². The molecule has 0 bridgehead atoms. The van der Waals surface area contributed by atoms with Crippen molar-refractivity contribution in [3.63, 3.8) is 0 Å². The first-order valence-electron chi connectivity index (χ1n) is 6.28. The van der Waals surface area contributed by atoms with Crippen LogP contribution in [-0.4, -0.2) is 15.5 Å². The number of hydrogen-bond donors (Lipinski definition) is 0. The minimum atomic E-state index is 0.664. The molecule has 0 amide bonds. The highest BCUT2D eigenvalue weighted by Gasteiger charge is 2.12. The summed E-state index contributed by atoms with van der Waals surface area (Å²) in [6, 6.07) is 11.2. The largest absolute Gasteiger partial charge is 0.356 e. The molecule has 6 heteroatoms. The normalized spacial score (nSPS) is 10.9. The fourth-order valence-electron chi connectivity index (χ4n) is 2.15. The van der Waals surface area contributed by atoms with E-state index in [2.05, 4.69) is 15.5 Å². The second-order valence-corrected chi connectivity index (χ2v) is 4.43. The molecule has 102 valence electrons. The van der Waals surface area contributed by atoms with Gasteiger partial charge in [-0.2, -0.15) is 0 Å². The molecular formula is C15H9N3O3. The van der Waals surface area contributed by atoms with E-state index < -0.39 is 0 Å². The number of hydrogen-bond acceptors (Lipinski definition) is 6. The molecule has 0 radical (unpaired) electrons. The summed E-state index contributed by atoms with van der Waals surface area (Å²) in [4.78, 5) is 0. The summed E-state index contributed by atoms with van der Waals surface area (Å²) in [7, 11) is 0. The van der Waals surface area contributed by atoms with Gasteiger partial charge in [0.25, 0.3) is 0 Å². The fraction of sp³-hybridized carbons (Fsp3) is 0. The predicted octanol–water partition coefficient (Wildman–Crippen LogP) is 3.65. The van der Waals surface area contributed by atoms with E-state index >= 15 is 0 Å². The fourth-order valence-corrected chi connectivity index (χ4v) is 2.15. The molecule has 0 N–H and O–H groups in total. The molecule has 4 rings (SSSR count). The molecule has 1 aromatic carbocycles. The van der Waals surface area contributed by atoms with Crippen LogP contribution in [0.15, 0.2) is 68.6 Å². The van der Waals surface area contributed by atoms with Crippen molar-refractivity contribution in [3.05, 3.63) is 55.0 Å². The average molecular weight is 279 g/mol. The van der Waals surface area contributed by atoms with E-state index in [1.807, 2.05) is 18.2 Å². The van der Waals surface area contributed by atoms with E-state index in [9.17, 15) is 0 Å². The summed E-state index contributed by atoms with van der Waals surface area (Å²) in [5, 5.41) is 11.2. The zero-order chi connectivity index (χ0) is 14.1. The van der Waals surface area contributed by atoms with E-state index in [1.54, 1.807) is 36.8 Å². The van der Waals surface area contributed by atoms with Gasteiger partial charge in [0.05, 0.1) is 18.6 Å². The minimum absolute atomic E-state index is 0.664. The molecule has 4 aromatic rings. The maximum absolute atomic E-state index is 5.22. The first kappa shape index (κ1) is 11.7. The molecule has 0 fully saturated rings. The Morgan fingerprint density at radius 3 is 1.10 bits per heavy atom. The van der Waals surface area contributed by atoms with Crippen LogP contribution in [0.1, 0.15) is 0 Å². The molecule has 3 aromatic heterocycles. The summed E-state index contributed by atoms with van der Waals surface area (Å²) in [5.74, 6) is 1.99. The lowest BCUT2D eigenvalue weighted by Gasteiger charge is -2.04. The van der Waals surface area contributed by atoms with Gasteiger partial charge in [-0.25, -0.2) is 0 Å². The Kier molecular flexibility index (Phi) is 2.64. The van der Waals surface area contributed by atoms with E-state index in [0.29, 0.717) is 17.3 Å². The SMILES string of the molecule is c1cc(-c2cc(-c3ccno3)cc(-c3ccno3)c2)on1. The Balaban J connectivity index is 1.92. The van der Waals surface area contributed by atoms with Crippen molar-refractivity contribution in [2.45, 2.75) is 0 Å². The van der Waals surface area contributed by atoms with Crippen LogP contribution in [0.2, 0.25) is 0 Å². The third-order valence-electron chi connectivity index (χ3n) is 3.10. The van der Waals surface area contributed by atoms with Crippen LogP contribution in [0.25, 0.3) is 34.0 Å². The van der Waals surface area contributed by atoms with Crippen LogP contribution < -0.4 is 0 Å². The lowest BCUT2D eigenvalue weighted by Crippen LogP contribution is -1.83. The molecule has 0 aliphatic rings. The zero-order valence-electron chi connectivity index (χ0n) is 10.8. The van der Waals surface area contributed by atoms with Crippen LogP contribution >= 0.6 is 0 Å². The summed E-state index contributed by atoms with van der Waals surface area (Å²) in [6.45, 7) is 0. The lowest BCUT2D eigenvalue weighted by atomic mass is 10.0. The highest BCUT2D eigenvalue weighted by molar-refractivity contribution is 5.76. The van der Waals surface area contributed by atoms with Crippen molar-refractivity contribution in [1.82, 2.24) is 15.5 Å². The predicted molar refractivity (Wildman–Crippen MR) is 72.9 cm³/mol. The summed E-state index contributed by atoms with van der Waals surface area (Å²) >= 11 is 0. The molecule has 0 spiro atoms. The van der Waals surface area contributed by atoms with Gasteiger partial charge in [-0.3, -0.25) is 0 Å². The monoisotopic (exact) mass is 279 g/mol. The molecule has 0 atom stereocenters. The smallest absolute Gasteiger partial charge is 0.166 e. The topological polar surface area (TPSA) is 78.1 Å². The Labute approximate surface area is 118 Å². The van der Waals surface area contributed by atoms with Gasteiger partial charge in [0.1, 0.15) is 0 Å². The summed E-state index contributed by atoms with van der Waals surface area (Å²) in [5.41, 5.74) is 2.61. The van der Waals surface area contributed by atoms with Crippen molar-refractivity contribution >= 4 is 0 Å². The van der Waals surface area contributed by atoms with Crippen molar-refractivity contribution in [1.29, 1.82) is 0 Å². The Hall–Kier alpha value is -3.15. The first-order valence-corrected chi connectivity index (χ1v) is 6.28. The molecule has 3 heterocycles. The molecule has 0 aliphatic heterocycles. The van der Waals surface area contributed by atoms with Crippen LogP contribution in [0.4, 0.5) is 0 Å². The van der Waals surface area contributed by atoms with Crippen molar-refractivity contribution in [3.8, 4) is 34.0 Å². The first-order chi connectivity index (χ1) is 10.4. The lowest BCUT2D eigenvalue weighted by molar-refractivity contribution is 0.429. The van der Waals surface area contributed by atoms with Gasteiger partial charge in [-0.05, 0) is 18.2 Å². The van der Waals surface area contributed by atoms with Crippen LogP contribution in [0, 0.1) is 0 Å². The molecular weight excluding hydrogens is 270 g/mol. The molecule has 6 nitrogen and oxygen atoms in total. The third-order valence-corrected chi connectivity index (χ3v) is 3.10. The molecule has 0 unspecified atom stereocenters. The van der Waals surface area contributed by atoms with Gasteiger partial charge in [0, 0.05) is 34.9 Å². The van der Waals surface area contributed by atoms with Crippen molar-refractivity contribution < 1.29 is 13.6 Å². The van der Waals surface area contributed by atoms with Crippen molar-refractivity contribution in [2.24, 2.45) is 0 Å². The van der Waals surface area contributed by atoms with Crippen LogP contribution in [0.3, 0.4) is 0 Å². The van der Waals surface area contributed by atoms with Gasteiger partial charge in [-0.1, -0.05) is 15.5 Å². The average Bonchev–Trinajstić information content (AvgIpc) is 3.29. The van der Waals surface area contributed by atoms with Crippen LogP contribution in [0.5, 0.6) is 0 Å². The van der Waals surface area contributed by atoms with E-state index in [-0.39, 0.29) is 0 Å². The quantitative estimate of drug-likeness (QED) is 0.569. The van der Waals surface area contributed by atoms with E-state index in [1.165, 1.54) is 0 Å². The number of benzene rings is 1. The van der Waals surface area contributed by atoms with E-state index in [0.717, 1.165) is 16.7 Å². The van der Waals surface area contributed by atoms with Crippen molar-refractivity contribution in [2.75, 3.05) is 0 Å². The van der Waals surface area contributed by atoms with Gasteiger partial charge >= 0.3 is 0 Å². The standard InChI is InChI=1S/C15H9N3O3/c1-4-16-19-13(1)10-7-11(14-2-5-17-20-14)9-12(8-10)15-3-6-18-21-15/h1-9H. The van der Waals surface area contributed by atoms with E-state index in [4.69, 9.17) is 13.6 Å². The maximum Gasteiger partial charge on any atom is 0.166 e. The Morgan fingerprint density at radius 1 is 0.524 bits per heavy atom. The third kappa shape index (κ3) is 2.12. The number of rotatable bonds is 3. The maximum atomic E-state index is 5.22. The number of aromatic nitrogens is 3. The Morgan fingerprint density at radius 2 is 0.857 bits per heavy atom. The molecule has 21 heavy (non-hydrogen) atoms. The second kappa shape index (κ2) is 4.75. The number of nitrogens with zero attached hydrogens (tertiary/aromatic N) is 3. The summed E-state index contributed by atoms with van der Waals surface area (Å²) < 4.78 is 15.7. The Bertz CT molecular complexity index is 707. The molecule has 0 aliphatic carbocycles. The second-order valence-electron chi connectivity index (χ2n) is 4.43. The van der Waals surface area contributed by atoms with Gasteiger partial charge in [-0.15, -0.1) is 0 Å². The molecule has 0 saturated carbocycles. The van der Waals surface area contributed by atoms with Gasteiger partial charge in [0.2, 0.25) is 0 Å². The van der Waals surface area contributed by atoms with Crippen LogP contribution in [-0.2, 0) is 0 Å². The molecule has 0 saturated heterocycles.